The van der Waals surface area contributed by atoms with Gasteiger partial charge in [0.15, 0.2) is 0 Å². The van der Waals surface area contributed by atoms with E-state index in [-0.39, 0.29) is 18.4 Å². The van der Waals surface area contributed by atoms with Crippen molar-refractivity contribution < 1.29 is 14.6 Å². The van der Waals surface area contributed by atoms with E-state index in [1.54, 1.807) is 11.8 Å². The molecule has 6 nitrogen and oxygen atoms in total. The molecule has 0 radical (unpaired) electrons. The molecule has 4 aromatic rings. The lowest BCUT2D eigenvalue weighted by molar-refractivity contribution is -0.133. The van der Waals surface area contributed by atoms with E-state index in [9.17, 15) is 9.90 Å². The Hall–Kier alpha value is -3.39. The molecular formula is C31H33N3O3S. The fourth-order valence-corrected chi connectivity index (χ4v) is 5.38. The number of rotatable bonds is 9. The summed E-state index contributed by atoms with van der Waals surface area (Å²) in [6, 6.07) is 29.8. The van der Waals surface area contributed by atoms with Crippen molar-refractivity contribution in [3.63, 3.8) is 0 Å². The third-order valence-electron chi connectivity index (χ3n) is 6.97. The van der Waals surface area contributed by atoms with Crippen LogP contribution >= 0.6 is 11.8 Å². The molecule has 1 atom stereocenters. The molecule has 0 aliphatic carbocycles. The van der Waals surface area contributed by atoms with Gasteiger partial charge in [-0.15, -0.1) is 11.8 Å². The Morgan fingerprint density at radius 1 is 0.895 bits per heavy atom. The first-order valence-corrected chi connectivity index (χ1v) is 14.2. The third-order valence-corrected chi connectivity index (χ3v) is 7.62. The molecule has 1 aliphatic rings. The number of aliphatic hydroxyl groups is 1. The van der Waals surface area contributed by atoms with Crippen molar-refractivity contribution in [3.05, 3.63) is 102 Å². The van der Waals surface area contributed by atoms with Gasteiger partial charge in [0, 0.05) is 38.1 Å². The largest absolute Gasteiger partial charge is 0.490 e. The van der Waals surface area contributed by atoms with Gasteiger partial charge in [-0.2, -0.15) is 0 Å². The number of hydrogen-bond acceptors (Lipinski definition) is 6. The van der Waals surface area contributed by atoms with E-state index in [4.69, 9.17) is 4.74 Å². The number of aromatic nitrogens is 1. The van der Waals surface area contributed by atoms with Crippen molar-refractivity contribution in [3.8, 4) is 5.75 Å². The summed E-state index contributed by atoms with van der Waals surface area (Å²) in [5.74, 6) is 0.537. The second kappa shape index (κ2) is 12.4. The number of benzene rings is 3. The molecule has 1 aliphatic heterocycles. The molecule has 1 fully saturated rings. The van der Waals surface area contributed by atoms with Crippen LogP contribution in [0, 0.1) is 0 Å². The van der Waals surface area contributed by atoms with Gasteiger partial charge in [-0.05, 0) is 41.6 Å². The average Bonchev–Trinajstić information content (AvgIpc) is 2.97. The van der Waals surface area contributed by atoms with Crippen LogP contribution in [0.2, 0.25) is 0 Å². The summed E-state index contributed by atoms with van der Waals surface area (Å²) in [7, 11) is 0. The second-order valence-corrected chi connectivity index (χ2v) is 10.3. The molecule has 0 spiro atoms. The van der Waals surface area contributed by atoms with E-state index < -0.39 is 6.10 Å². The maximum atomic E-state index is 13.7. The van der Waals surface area contributed by atoms with Crippen LogP contribution in [0.25, 0.3) is 10.9 Å². The molecule has 1 aromatic heterocycles. The number of β-amino-alcohol motifs (C(OH)–C–C–N with tert-alkyl or cyclic N) is 1. The van der Waals surface area contributed by atoms with Crippen LogP contribution in [0.3, 0.4) is 0 Å². The summed E-state index contributed by atoms with van der Waals surface area (Å²) in [4.78, 5) is 22.4. The van der Waals surface area contributed by atoms with Crippen molar-refractivity contribution in [2.24, 2.45) is 0 Å². The van der Waals surface area contributed by atoms with Crippen molar-refractivity contribution in [1.82, 2.24) is 14.8 Å². The van der Waals surface area contributed by atoms with Crippen molar-refractivity contribution in [2.75, 3.05) is 45.6 Å². The minimum Gasteiger partial charge on any atom is -0.490 e. The first-order chi connectivity index (χ1) is 18.6. The molecule has 1 saturated heterocycles. The van der Waals surface area contributed by atoms with E-state index in [1.165, 1.54) is 0 Å². The van der Waals surface area contributed by atoms with Crippen molar-refractivity contribution >= 4 is 28.6 Å². The number of fused-ring (bicyclic) bond motifs is 1. The Bertz CT molecular complexity index is 1310. The molecule has 0 bridgehead atoms. The highest BCUT2D eigenvalue weighted by Crippen LogP contribution is 2.28. The molecule has 2 heterocycles. The van der Waals surface area contributed by atoms with Crippen LogP contribution in [0.4, 0.5) is 0 Å². The minimum atomic E-state index is -0.632. The molecule has 1 N–H and O–H groups in total. The number of thioether (sulfide) groups is 1. The Morgan fingerprint density at radius 2 is 1.55 bits per heavy atom. The molecule has 38 heavy (non-hydrogen) atoms. The zero-order chi connectivity index (χ0) is 26.3. The third kappa shape index (κ3) is 6.18. The number of hydrogen-bond donors (Lipinski definition) is 1. The van der Waals surface area contributed by atoms with E-state index in [2.05, 4.69) is 9.88 Å². The van der Waals surface area contributed by atoms with Crippen LogP contribution in [-0.2, 0) is 4.79 Å². The number of carbonyl (C=O) groups excluding carboxylic acids is 1. The van der Waals surface area contributed by atoms with Gasteiger partial charge in [-0.1, -0.05) is 66.7 Å². The fraction of sp³-hybridized carbons (Fsp3) is 0.290. The van der Waals surface area contributed by atoms with Crippen LogP contribution in [0.15, 0.2) is 96.0 Å². The maximum Gasteiger partial charge on any atom is 0.234 e. The summed E-state index contributed by atoms with van der Waals surface area (Å²) in [6.45, 7) is 3.41. The predicted molar refractivity (Wildman–Crippen MR) is 153 cm³/mol. The molecule has 1 unspecified atom stereocenters. The highest BCUT2D eigenvalue weighted by Gasteiger charge is 2.30. The second-order valence-electron chi connectivity index (χ2n) is 9.52. The van der Waals surface area contributed by atoms with Crippen LogP contribution in [-0.4, -0.2) is 77.5 Å². The molecule has 7 heteroatoms. The SMILES string of the molecule is CSc1ccc2c(OCC(O)CN3CCN(C(=O)C(c4ccccc4)c4ccccc4)CC3)cccc2n1. The van der Waals surface area contributed by atoms with E-state index in [0.29, 0.717) is 19.6 Å². The lowest BCUT2D eigenvalue weighted by Crippen LogP contribution is -2.52. The summed E-state index contributed by atoms with van der Waals surface area (Å²) < 4.78 is 6.00. The van der Waals surface area contributed by atoms with Gasteiger partial charge in [0.2, 0.25) is 5.91 Å². The number of nitrogens with zero attached hydrogens (tertiary/aromatic N) is 3. The fourth-order valence-electron chi connectivity index (χ4n) is 4.99. The van der Waals surface area contributed by atoms with E-state index in [1.807, 2.05) is 102 Å². The summed E-state index contributed by atoms with van der Waals surface area (Å²) in [6.07, 6.45) is 1.37. The quantitative estimate of drug-likeness (QED) is 0.319. The lowest BCUT2D eigenvalue weighted by atomic mass is 9.90. The van der Waals surface area contributed by atoms with E-state index in [0.717, 1.165) is 45.9 Å². The van der Waals surface area contributed by atoms with Crippen LogP contribution in [0.1, 0.15) is 17.0 Å². The summed E-state index contributed by atoms with van der Waals surface area (Å²) in [5.41, 5.74) is 2.90. The molecule has 1 amide bonds. The van der Waals surface area contributed by atoms with Gasteiger partial charge >= 0.3 is 0 Å². The van der Waals surface area contributed by atoms with Crippen molar-refractivity contribution in [1.29, 1.82) is 0 Å². The highest BCUT2D eigenvalue weighted by atomic mass is 32.2. The van der Waals surface area contributed by atoms with Gasteiger partial charge in [-0.25, -0.2) is 4.98 Å². The standard InChI is InChI=1S/C31H33N3O3S/c1-38-29-16-15-26-27(32-29)13-8-14-28(26)37-22-25(35)21-33-17-19-34(20-18-33)31(36)30(23-9-4-2-5-10-23)24-11-6-3-7-12-24/h2-16,25,30,35H,17-22H2,1H3. The number of amides is 1. The Kier molecular flexibility index (Phi) is 8.58. The van der Waals surface area contributed by atoms with E-state index >= 15 is 0 Å². The Morgan fingerprint density at radius 3 is 2.18 bits per heavy atom. The first-order valence-electron chi connectivity index (χ1n) is 13.0. The number of pyridine rings is 1. The Labute approximate surface area is 228 Å². The average molecular weight is 528 g/mol. The predicted octanol–water partition coefficient (Wildman–Crippen LogP) is 4.67. The van der Waals surface area contributed by atoms with Gasteiger partial charge in [0.1, 0.15) is 18.5 Å². The molecular weight excluding hydrogens is 494 g/mol. The smallest absolute Gasteiger partial charge is 0.234 e. The number of carbonyl (C=O) groups is 1. The number of ether oxygens (including phenoxy) is 1. The normalized spacial score (nSPS) is 15.1. The summed E-state index contributed by atoms with van der Waals surface area (Å²) >= 11 is 1.61. The number of aliphatic hydroxyl groups excluding tert-OH is 1. The van der Waals surface area contributed by atoms with Gasteiger partial charge in [0.05, 0.1) is 16.5 Å². The highest BCUT2D eigenvalue weighted by molar-refractivity contribution is 7.98. The molecule has 196 valence electrons. The van der Waals surface area contributed by atoms with Gasteiger partial charge in [0.25, 0.3) is 0 Å². The maximum absolute atomic E-state index is 13.7. The zero-order valence-electron chi connectivity index (χ0n) is 21.6. The topological polar surface area (TPSA) is 65.9 Å². The first kappa shape index (κ1) is 26.2. The molecule has 3 aromatic carbocycles. The lowest BCUT2D eigenvalue weighted by Gasteiger charge is -2.37. The monoisotopic (exact) mass is 527 g/mol. The zero-order valence-corrected chi connectivity index (χ0v) is 22.4. The van der Waals surface area contributed by atoms with Gasteiger partial charge in [-0.3, -0.25) is 9.69 Å². The Balaban J connectivity index is 1.16. The van der Waals surface area contributed by atoms with Crippen LogP contribution < -0.4 is 4.74 Å². The summed E-state index contributed by atoms with van der Waals surface area (Å²) in [5, 5.41) is 12.6. The number of piperazine rings is 1. The van der Waals surface area contributed by atoms with Crippen LogP contribution in [0.5, 0.6) is 5.75 Å². The minimum absolute atomic E-state index is 0.125. The van der Waals surface area contributed by atoms with Crippen molar-refractivity contribution in [2.45, 2.75) is 17.0 Å². The molecule has 5 rings (SSSR count). The molecule has 0 saturated carbocycles. The van der Waals surface area contributed by atoms with Gasteiger partial charge < -0.3 is 14.7 Å².